The van der Waals surface area contributed by atoms with E-state index in [1.807, 2.05) is 12.1 Å². The van der Waals surface area contributed by atoms with Gasteiger partial charge in [0.2, 0.25) is 0 Å². The fraction of sp³-hybridized carbons (Fsp3) is 0.267. The highest BCUT2D eigenvalue weighted by Crippen LogP contribution is 2.28. The lowest BCUT2D eigenvalue weighted by Crippen LogP contribution is -2.19. The van der Waals surface area contributed by atoms with Crippen LogP contribution in [0.4, 0.5) is 5.69 Å². The molecule has 3 nitrogen and oxygen atoms in total. The summed E-state index contributed by atoms with van der Waals surface area (Å²) in [5, 5.41) is 5.83. The summed E-state index contributed by atoms with van der Waals surface area (Å²) in [7, 11) is 0. The number of hydrogen-bond acceptors (Lipinski definition) is 3. The van der Waals surface area contributed by atoms with Crippen molar-refractivity contribution in [2.45, 2.75) is 19.4 Å². The van der Waals surface area contributed by atoms with E-state index >= 15 is 0 Å². The first-order valence-corrected chi connectivity index (χ1v) is 6.14. The Bertz CT molecular complexity index is 606. The van der Waals surface area contributed by atoms with Gasteiger partial charge in [-0.15, -0.1) is 0 Å². The minimum atomic E-state index is -0.120. The van der Waals surface area contributed by atoms with Crippen molar-refractivity contribution in [1.29, 1.82) is 0 Å². The average Bonchev–Trinajstić information content (AvgIpc) is 2.79. The second-order valence-electron chi connectivity index (χ2n) is 4.71. The fourth-order valence-corrected chi connectivity index (χ4v) is 2.38. The van der Waals surface area contributed by atoms with E-state index in [0.29, 0.717) is 13.0 Å². The second kappa shape index (κ2) is 4.33. The smallest absolute Gasteiger partial charge is 0.308 e. The molecule has 1 aliphatic heterocycles. The molecular formula is C15H15NO2. The van der Waals surface area contributed by atoms with Crippen LogP contribution in [0.5, 0.6) is 0 Å². The van der Waals surface area contributed by atoms with Gasteiger partial charge in [-0.2, -0.15) is 0 Å². The molecule has 0 aromatic heterocycles. The van der Waals surface area contributed by atoms with Gasteiger partial charge in [-0.25, -0.2) is 0 Å². The summed E-state index contributed by atoms with van der Waals surface area (Å²) >= 11 is 0. The van der Waals surface area contributed by atoms with Crippen LogP contribution in [-0.2, 0) is 9.53 Å². The molecule has 3 heteroatoms. The van der Waals surface area contributed by atoms with Gasteiger partial charge in [-0.1, -0.05) is 36.4 Å². The van der Waals surface area contributed by atoms with Gasteiger partial charge in [-0.05, 0) is 17.9 Å². The molecule has 0 saturated carbocycles. The van der Waals surface area contributed by atoms with Crippen LogP contribution in [0, 0.1) is 6.92 Å². The Morgan fingerprint density at radius 2 is 2.06 bits per heavy atom. The first-order chi connectivity index (χ1) is 8.74. The molecule has 1 unspecified atom stereocenters. The maximum Gasteiger partial charge on any atom is 0.308 e. The molecule has 1 saturated heterocycles. The zero-order valence-corrected chi connectivity index (χ0v) is 10.3. The predicted octanol–water partition coefficient (Wildman–Crippen LogP) is 2.88. The number of benzene rings is 2. The van der Waals surface area contributed by atoms with Gasteiger partial charge in [0.15, 0.2) is 0 Å². The van der Waals surface area contributed by atoms with Crippen molar-refractivity contribution in [2.75, 3.05) is 11.9 Å². The number of hydrogen-bond donors (Lipinski definition) is 1. The summed E-state index contributed by atoms with van der Waals surface area (Å²) in [6.45, 7) is 2.54. The molecule has 1 atom stereocenters. The highest BCUT2D eigenvalue weighted by atomic mass is 16.5. The monoisotopic (exact) mass is 241 g/mol. The van der Waals surface area contributed by atoms with Crippen LogP contribution >= 0.6 is 0 Å². The molecule has 18 heavy (non-hydrogen) atoms. The Labute approximate surface area is 106 Å². The van der Waals surface area contributed by atoms with Crippen molar-refractivity contribution in [3.05, 3.63) is 42.0 Å². The van der Waals surface area contributed by atoms with Crippen molar-refractivity contribution in [2.24, 2.45) is 0 Å². The Hall–Kier alpha value is -2.03. The van der Waals surface area contributed by atoms with Gasteiger partial charge in [0.05, 0.1) is 12.5 Å². The SMILES string of the molecule is Cc1ccc2ccccc2c1NC1COC(=O)C1. The molecular weight excluding hydrogens is 226 g/mol. The van der Waals surface area contributed by atoms with Crippen LogP contribution in [0.1, 0.15) is 12.0 Å². The van der Waals surface area contributed by atoms with E-state index in [4.69, 9.17) is 4.74 Å². The van der Waals surface area contributed by atoms with Gasteiger partial charge in [-0.3, -0.25) is 4.79 Å². The molecule has 0 aliphatic carbocycles. The Kier molecular flexibility index (Phi) is 2.67. The summed E-state index contributed by atoms with van der Waals surface area (Å²) in [6.07, 6.45) is 0.447. The number of cyclic esters (lactones) is 1. The van der Waals surface area contributed by atoms with Gasteiger partial charge in [0, 0.05) is 11.1 Å². The molecule has 0 spiro atoms. The fourth-order valence-electron chi connectivity index (χ4n) is 2.38. The molecule has 1 heterocycles. The predicted molar refractivity (Wildman–Crippen MR) is 71.7 cm³/mol. The Balaban J connectivity index is 1.99. The molecule has 0 bridgehead atoms. The number of nitrogens with one attached hydrogen (secondary N) is 1. The van der Waals surface area contributed by atoms with E-state index in [2.05, 4.69) is 36.5 Å². The van der Waals surface area contributed by atoms with E-state index in [1.165, 1.54) is 16.3 Å². The molecule has 0 radical (unpaired) electrons. The van der Waals surface area contributed by atoms with Gasteiger partial charge in [0.1, 0.15) is 6.61 Å². The van der Waals surface area contributed by atoms with E-state index in [0.717, 1.165) is 5.69 Å². The minimum absolute atomic E-state index is 0.0852. The zero-order valence-electron chi connectivity index (χ0n) is 10.3. The lowest BCUT2D eigenvalue weighted by atomic mass is 10.0. The van der Waals surface area contributed by atoms with Crippen LogP contribution < -0.4 is 5.32 Å². The number of anilines is 1. The third kappa shape index (κ3) is 1.92. The van der Waals surface area contributed by atoms with Gasteiger partial charge < -0.3 is 10.1 Å². The zero-order chi connectivity index (χ0) is 12.5. The Morgan fingerprint density at radius 3 is 2.83 bits per heavy atom. The van der Waals surface area contributed by atoms with E-state index < -0.39 is 0 Å². The molecule has 2 aromatic rings. The number of esters is 1. The molecule has 1 fully saturated rings. The van der Waals surface area contributed by atoms with Crippen molar-refractivity contribution < 1.29 is 9.53 Å². The molecule has 2 aromatic carbocycles. The molecule has 1 aliphatic rings. The first-order valence-electron chi connectivity index (χ1n) is 6.14. The summed E-state index contributed by atoms with van der Waals surface area (Å²) < 4.78 is 4.99. The summed E-state index contributed by atoms with van der Waals surface area (Å²) in [5.74, 6) is -0.120. The maximum absolute atomic E-state index is 11.1. The van der Waals surface area contributed by atoms with Crippen LogP contribution in [0.15, 0.2) is 36.4 Å². The summed E-state index contributed by atoms with van der Waals surface area (Å²) in [4.78, 5) is 11.1. The lowest BCUT2D eigenvalue weighted by molar-refractivity contribution is -0.137. The summed E-state index contributed by atoms with van der Waals surface area (Å²) in [5.41, 5.74) is 2.30. The molecule has 3 rings (SSSR count). The standard InChI is InChI=1S/C15H15NO2/c1-10-6-7-11-4-2-3-5-13(11)15(10)16-12-8-14(17)18-9-12/h2-7,12,16H,8-9H2,1H3. The highest BCUT2D eigenvalue weighted by molar-refractivity contribution is 5.95. The third-order valence-corrected chi connectivity index (χ3v) is 3.34. The number of carbonyl (C=O) groups is 1. The third-order valence-electron chi connectivity index (χ3n) is 3.34. The quantitative estimate of drug-likeness (QED) is 0.822. The molecule has 0 amide bonds. The number of aryl methyl sites for hydroxylation is 1. The minimum Gasteiger partial charge on any atom is -0.463 e. The number of fused-ring (bicyclic) bond motifs is 1. The molecule has 1 N–H and O–H groups in total. The second-order valence-corrected chi connectivity index (χ2v) is 4.71. The first kappa shape index (κ1) is 11.1. The average molecular weight is 241 g/mol. The van der Waals surface area contributed by atoms with Crippen LogP contribution in [0.2, 0.25) is 0 Å². The highest BCUT2D eigenvalue weighted by Gasteiger charge is 2.24. The normalized spacial score (nSPS) is 18.9. The van der Waals surface area contributed by atoms with Crippen molar-refractivity contribution in [3.8, 4) is 0 Å². The van der Waals surface area contributed by atoms with Gasteiger partial charge >= 0.3 is 5.97 Å². The molecule has 92 valence electrons. The van der Waals surface area contributed by atoms with E-state index in [1.54, 1.807) is 0 Å². The van der Waals surface area contributed by atoms with E-state index in [-0.39, 0.29) is 12.0 Å². The topological polar surface area (TPSA) is 38.3 Å². The van der Waals surface area contributed by atoms with Crippen molar-refractivity contribution in [3.63, 3.8) is 0 Å². The van der Waals surface area contributed by atoms with Crippen LogP contribution in [0.25, 0.3) is 10.8 Å². The summed E-state index contributed by atoms with van der Waals surface area (Å²) in [6, 6.07) is 12.6. The largest absolute Gasteiger partial charge is 0.463 e. The van der Waals surface area contributed by atoms with Crippen molar-refractivity contribution in [1.82, 2.24) is 0 Å². The maximum atomic E-state index is 11.1. The number of rotatable bonds is 2. The number of carbonyl (C=O) groups excluding carboxylic acids is 1. The van der Waals surface area contributed by atoms with Gasteiger partial charge in [0.25, 0.3) is 0 Å². The Morgan fingerprint density at radius 1 is 1.22 bits per heavy atom. The van der Waals surface area contributed by atoms with Crippen LogP contribution in [-0.4, -0.2) is 18.6 Å². The number of ether oxygens (including phenoxy) is 1. The van der Waals surface area contributed by atoms with Crippen LogP contribution in [0.3, 0.4) is 0 Å². The van der Waals surface area contributed by atoms with E-state index in [9.17, 15) is 4.79 Å². The van der Waals surface area contributed by atoms with Crippen molar-refractivity contribution >= 4 is 22.4 Å². The lowest BCUT2D eigenvalue weighted by Gasteiger charge is -2.16.